The number of hydrogen-bond acceptors (Lipinski definition) is 3. The Balaban J connectivity index is 1.04. The SMILES string of the molecule is CCC1CC1CC1CC1CCOC(CCC=O)OCCC1CC1CC1CC1CC. The summed E-state index contributed by atoms with van der Waals surface area (Å²) in [7, 11) is 0. The number of rotatable bonds is 17. The van der Waals surface area contributed by atoms with Crippen molar-refractivity contribution in [1.82, 2.24) is 0 Å². The van der Waals surface area contributed by atoms with Gasteiger partial charge in [-0.05, 0) is 98.7 Å². The van der Waals surface area contributed by atoms with Gasteiger partial charge in [0.15, 0.2) is 6.29 Å². The van der Waals surface area contributed by atoms with Crippen LogP contribution in [0.25, 0.3) is 0 Å². The van der Waals surface area contributed by atoms with Crippen molar-refractivity contribution in [1.29, 1.82) is 0 Å². The summed E-state index contributed by atoms with van der Waals surface area (Å²) in [4.78, 5) is 10.8. The number of carbonyl (C=O) groups is 1. The Morgan fingerprint density at radius 1 is 0.724 bits per heavy atom. The van der Waals surface area contributed by atoms with Crippen molar-refractivity contribution in [3.8, 4) is 0 Å². The molecule has 0 amide bonds. The molecule has 0 aliphatic heterocycles. The van der Waals surface area contributed by atoms with Gasteiger partial charge in [0.25, 0.3) is 0 Å². The van der Waals surface area contributed by atoms with Gasteiger partial charge in [-0.15, -0.1) is 0 Å². The maximum atomic E-state index is 10.8. The molecule has 4 aliphatic carbocycles. The number of carbonyl (C=O) groups excluding carboxylic acids is 1. The smallest absolute Gasteiger partial charge is 0.157 e. The summed E-state index contributed by atoms with van der Waals surface area (Å²) in [5.41, 5.74) is 0. The molecule has 8 unspecified atom stereocenters. The first-order valence-electron chi connectivity index (χ1n) is 12.9. The van der Waals surface area contributed by atoms with E-state index in [-0.39, 0.29) is 6.29 Å². The van der Waals surface area contributed by atoms with Gasteiger partial charge in [-0.3, -0.25) is 0 Å². The van der Waals surface area contributed by atoms with Crippen LogP contribution in [0.15, 0.2) is 0 Å². The van der Waals surface area contributed by atoms with Gasteiger partial charge in [-0.1, -0.05) is 26.7 Å². The van der Waals surface area contributed by atoms with Crippen LogP contribution in [-0.4, -0.2) is 25.8 Å². The molecule has 0 spiro atoms. The molecule has 4 fully saturated rings. The zero-order valence-electron chi connectivity index (χ0n) is 18.9. The second kappa shape index (κ2) is 10.3. The van der Waals surface area contributed by atoms with Crippen molar-refractivity contribution >= 4 is 6.29 Å². The molecule has 0 aromatic rings. The monoisotopic (exact) mass is 404 g/mol. The highest BCUT2D eigenvalue weighted by Crippen LogP contribution is 2.54. The van der Waals surface area contributed by atoms with Crippen molar-refractivity contribution in [2.75, 3.05) is 13.2 Å². The molecule has 166 valence electrons. The summed E-state index contributed by atoms with van der Waals surface area (Å²) in [5, 5.41) is 0. The van der Waals surface area contributed by atoms with Crippen molar-refractivity contribution < 1.29 is 14.3 Å². The van der Waals surface area contributed by atoms with E-state index >= 15 is 0 Å². The van der Waals surface area contributed by atoms with E-state index in [1.807, 2.05) is 0 Å². The van der Waals surface area contributed by atoms with Gasteiger partial charge < -0.3 is 14.3 Å². The normalized spacial score (nSPS) is 40.5. The molecule has 4 saturated carbocycles. The van der Waals surface area contributed by atoms with Crippen LogP contribution in [0.2, 0.25) is 0 Å². The predicted octanol–water partition coefficient (Wildman–Crippen LogP) is 6.25. The van der Waals surface area contributed by atoms with Crippen molar-refractivity contribution in [3.05, 3.63) is 0 Å². The van der Waals surface area contributed by atoms with Crippen LogP contribution in [-0.2, 0) is 14.3 Å². The van der Waals surface area contributed by atoms with E-state index in [9.17, 15) is 4.79 Å². The van der Waals surface area contributed by atoms with E-state index in [1.54, 1.807) is 0 Å². The standard InChI is InChI=1S/C26H44O3/c1-3-18-12-22(18)16-24-14-20(24)7-10-28-26(6-5-9-27)29-11-8-21-15-25(21)17-23-13-19(23)4-2/h9,18-26H,3-8,10-17H2,1-2H3. The minimum absolute atomic E-state index is 0.171. The molecule has 0 bridgehead atoms. The van der Waals surface area contributed by atoms with Crippen molar-refractivity contribution in [2.24, 2.45) is 47.3 Å². The zero-order chi connectivity index (χ0) is 20.2. The average Bonchev–Trinajstić information content (AvgIpc) is 3.52. The van der Waals surface area contributed by atoms with Gasteiger partial charge in [0, 0.05) is 12.8 Å². The Kier molecular flexibility index (Phi) is 7.72. The van der Waals surface area contributed by atoms with Crippen LogP contribution in [0, 0.1) is 47.3 Å². The van der Waals surface area contributed by atoms with E-state index in [0.717, 1.165) is 66.8 Å². The molecule has 0 aromatic heterocycles. The predicted molar refractivity (Wildman–Crippen MR) is 116 cm³/mol. The first kappa shape index (κ1) is 21.8. The molecule has 0 saturated heterocycles. The molecular formula is C26H44O3. The summed E-state index contributed by atoms with van der Waals surface area (Å²) in [6, 6.07) is 0. The zero-order valence-corrected chi connectivity index (χ0v) is 18.9. The second-order valence-electron chi connectivity index (χ2n) is 10.8. The fourth-order valence-corrected chi connectivity index (χ4v) is 6.00. The third-order valence-corrected chi connectivity index (χ3v) is 8.64. The summed E-state index contributed by atoms with van der Waals surface area (Å²) in [6.45, 7) is 6.28. The molecule has 0 N–H and O–H groups in total. The molecule has 8 atom stereocenters. The summed E-state index contributed by atoms with van der Waals surface area (Å²) < 4.78 is 12.1. The maximum Gasteiger partial charge on any atom is 0.157 e. The van der Waals surface area contributed by atoms with Crippen molar-refractivity contribution in [3.63, 3.8) is 0 Å². The molecule has 0 aromatic carbocycles. The third kappa shape index (κ3) is 6.79. The minimum Gasteiger partial charge on any atom is -0.353 e. The molecule has 4 rings (SSSR count). The van der Waals surface area contributed by atoms with Gasteiger partial charge >= 0.3 is 0 Å². The van der Waals surface area contributed by atoms with E-state index in [2.05, 4.69) is 13.8 Å². The lowest BCUT2D eigenvalue weighted by Crippen LogP contribution is -2.19. The highest BCUT2D eigenvalue weighted by atomic mass is 16.7. The van der Waals surface area contributed by atoms with Crippen LogP contribution < -0.4 is 0 Å². The second-order valence-corrected chi connectivity index (χ2v) is 10.8. The van der Waals surface area contributed by atoms with Gasteiger partial charge in [-0.2, -0.15) is 0 Å². The van der Waals surface area contributed by atoms with E-state index in [0.29, 0.717) is 12.8 Å². The van der Waals surface area contributed by atoms with Crippen LogP contribution in [0.1, 0.15) is 90.9 Å². The molecule has 3 heteroatoms. The van der Waals surface area contributed by atoms with Gasteiger partial charge in [-0.25, -0.2) is 0 Å². The van der Waals surface area contributed by atoms with E-state index in [1.165, 1.54) is 64.2 Å². The number of hydrogen-bond donors (Lipinski definition) is 0. The molecule has 3 nitrogen and oxygen atoms in total. The summed E-state index contributed by atoms with van der Waals surface area (Å²) >= 11 is 0. The lowest BCUT2D eigenvalue weighted by atomic mass is 10.1. The Hall–Kier alpha value is -0.410. The molecule has 29 heavy (non-hydrogen) atoms. The highest BCUT2D eigenvalue weighted by molar-refractivity contribution is 5.49. The largest absolute Gasteiger partial charge is 0.353 e. The van der Waals surface area contributed by atoms with Crippen LogP contribution in [0.3, 0.4) is 0 Å². The minimum atomic E-state index is -0.171. The fourth-order valence-electron chi connectivity index (χ4n) is 6.00. The van der Waals surface area contributed by atoms with E-state index in [4.69, 9.17) is 9.47 Å². The molecule has 0 radical (unpaired) electrons. The molecule has 0 heterocycles. The van der Waals surface area contributed by atoms with Gasteiger partial charge in [0.05, 0.1) is 13.2 Å². The van der Waals surface area contributed by atoms with Crippen LogP contribution >= 0.6 is 0 Å². The Labute approximate surface area is 178 Å². The fraction of sp³-hybridized carbons (Fsp3) is 0.962. The third-order valence-electron chi connectivity index (χ3n) is 8.64. The lowest BCUT2D eigenvalue weighted by Gasteiger charge is -2.18. The maximum absolute atomic E-state index is 10.8. The van der Waals surface area contributed by atoms with E-state index < -0.39 is 0 Å². The quantitative estimate of drug-likeness (QED) is 0.212. The molecular weight excluding hydrogens is 360 g/mol. The Bertz CT molecular complexity index is 480. The average molecular weight is 405 g/mol. The summed E-state index contributed by atoms with van der Waals surface area (Å²) in [5.74, 6) is 7.88. The number of ether oxygens (including phenoxy) is 2. The highest BCUT2D eigenvalue weighted by Gasteiger charge is 2.45. The van der Waals surface area contributed by atoms with Crippen LogP contribution in [0.4, 0.5) is 0 Å². The van der Waals surface area contributed by atoms with Crippen LogP contribution in [0.5, 0.6) is 0 Å². The Morgan fingerprint density at radius 3 is 1.59 bits per heavy atom. The topological polar surface area (TPSA) is 35.5 Å². The first-order valence-corrected chi connectivity index (χ1v) is 12.9. The van der Waals surface area contributed by atoms with Gasteiger partial charge in [0.2, 0.25) is 0 Å². The van der Waals surface area contributed by atoms with Crippen molar-refractivity contribution in [2.45, 2.75) is 97.2 Å². The van der Waals surface area contributed by atoms with Gasteiger partial charge in [0.1, 0.15) is 6.29 Å². The number of aldehydes is 1. The lowest BCUT2D eigenvalue weighted by molar-refractivity contribution is -0.150. The first-order chi connectivity index (χ1) is 14.2. The summed E-state index contributed by atoms with van der Waals surface area (Å²) in [6.07, 6.45) is 15.9. The Morgan fingerprint density at radius 2 is 1.17 bits per heavy atom. The molecule has 4 aliphatic rings.